The summed E-state index contributed by atoms with van der Waals surface area (Å²) in [6.07, 6.45) is -0.943. The normalized spacial score (nSPS) is 15.0. The first-order valence-electron chi connectivity index (χ1n) is 6.64. The number of nitrogens with zero attached hydrogens (tertiary/aromatic N) is 4. The van der Waals surface area contributed by atoms with Crippen molar-refractivity contribution in [2.75, 3.05) is 0 Å². The van der Waals surface area contributed by atoms with E-state index in [4.69, 9.17) is 0 Å². The first kappa shape index (κ1) is 13.8. The van der Waals surface area contributed by atoms with Crippen molar-refractivity contribution in [3.8, 4) is 0 Å². The van der Waals surface area contributed by atoms with E-state index in [-0.39, 0.29) is 12.2 Å². The Kier molecular flexibility index (Phi) is 3.30. The van der Waals surface area contributed by atoms with Gasteiger partial charge in [0.2, 0.25) is 0 Å². The third-order valence-corrected chi connectivity index (χ3v) is 3.50. The van der Waals surface area contributed by atoms with Crippen molar-refractivity contribution in [3.05, 3.63) is 45.9 Å². The minimum absolute atomic E-state index is 0.0803. The van der Waals surface area contributed by atoms with Crippen LogP contribution in [0, 0.1) is 0 Å². The fourth-order valence-corrected chi connectivity index (χ4v) is 2.39. The molecular formula is C13H13F3N4O. The Morgan fingerprint density at radius 3 is 2.67 bits per heavy atom. The molecule has 3 rings (SSSR count). The summed E-state index contributed by atoms with van der Waals surface area (Å²) < 4.78 is 40.2. The van der Waals surface area contributed by atoms with Gasteiger partial charge in [-0.05, 0) is 25.0 Å². The van der Waals surface area contributed by atoms with E-state index in [9.17, 15) is 18.0 Å². The van der Waals surface area contributed by atoms with Gasteiger partial charge >= 0.3 is 11.9 Å². The fraction of sp³-hybridized carbons (Fsp3) is 0.462. The molecule has 0 bridgehead atoms. The van der Waals surface area contributed by atoms with Crippen molar-refractivity contribution in [1.29, 1.82) is 0 Å². The third kappa shape index (κ3) is 2.70. The number of hydrogen-bond donors (Lipinski definition) is 0. The van der Waals surface area contributed by atoms with Crippen LogP contribution < -0.4 is 5.69 Å². The molecule has 0 N–H and O–H groups in total. The van der Waals surface area contributed by atoms with Gasteiger partial charge in [0, 0.05) is 19.2 Å². The molecule has 2 aromatic rings. The summed E-state index contributed by atoms with van der Waals surface area (Å²) in [4.78, 5) is 15.9. The average Bonchev–Trinajstić information content (AvgIpc) is 2.76. The number of alkyl halides is 3. The summed E-state index contributed by atoms with van der Waals surface area (Å²) in [6, 6.07) is 2.23. The number of pyridine rings is 1. The summed E-state index contributed by atoms with van der Waals surface area (Å²) in [5.41, 5.74) is -0.658. The molecule has 21 heavy (non-hydrogen) atoms. The van der Waals surface area contributed by atoms with Gasteiger partial charge < -0.3 is 0 Å². The molecule has 1 aliphatic heterocycles. The van der Waals surface area contributed by atoms with E-state index in [0.29, 0.717) is 12.2 Å². The van der Waals surface area contributed by atoms with Gasteiger partial charge in [0.25, 0.3) is 0 Å². The highest BCUT2D eigenvalue weighted by Crippen LogP contribution is 2.28. The molecule has 0 radical (unpaired) electrons. The third-order valence-electron chi connectivity index (χ3n) is 3.50. The molecule has 0 atom stereocenters. The van der Waals surface area contributed by atoms with Crippen LogP contribution in [0.3, 0.4) is 0 Å². The molecule has 0 fully saturated rings. The molecule has 2 aromatic heterocycles. The lowest BCUT2D eigenvalue weighted by atomic mass is 10.2. The van der Waals surface area contributed by atoms with Gasteiger partial charge in [-0.3, -0.25) is 9.55 Å². The van der Waals surface area contributed by atoms with Crippen molar-refractivity contribution in [3.63, 3.8) is 0 Å². The number of hydrogen-bond acceptors (Lipinski definition) is 3. The number of aromatic nitrogens is 4. The quantitative estimate of drug-likeness (QED) is 0.850. The maximum absolute atomic E-state index is 12.5. The van der Waals surface area contributed by atoms with Gasteiger partial charge in [-0.2, -0.15) is 18.3 Å². The minimum Gasteiger partial charge on any atom is -0.279 e. The van der Waals surface area contributed by atoms with Crippen molar-refractivity contribution in [1.82, 2.24) is 19.3 Å². The Morgan fingerprint density at radius 1 is 1.24 bits per heavy atom. The zero-order valence-corrected chi connectivity index (χ0v) is 11.1. The van der Waals surface area contributed by atoms with Crippen LogP contribution in [0.2, 0.25) is 0 Å². The molecule has 1 aliphatic rings. The Morgan fingerprint density at radius 2 is 2.05 bits per heavy atom. The van der Waals surface area contributed by atoms with E-state index in [1.807, 2.05) is 0 Å². The van der Waals surface area contributed by atoms with Gasteiger partial charge in [0.15, 0.2) is 0 Å². The summed E-state index contributed by atoms with van der Waals surface area (Å²) in [5, 5.41) is 4.22. The smallest absolute Gasteiger partial charge is 0.279 e. The predicted molar refractivity (Wildman–Crippen MR) is 67.8 cm³/mol. The predicted octanol–water partition coefficient (Wildman–Crippen LogP) is 1.84. The largest absolute Gasteiger partial charge is 0.417 e. The second-order valence-corrected chi connectivity index (χ2v) is 5.00. The molecule has 0 spiro atoms. The van der Waals surface area contributed by atoms with E-state index in [1.54, 1.807) is 4.57 Å². The molecule has 0 aromatic carbocycles. The molecule has 3 heterocycles. The lowest BCUT2D eigenvalue weighted by Gasteiger charge is -2.09. The highest BCUT2D eigenvalue weighted by atomic mass is 19.4. The molecular weight excluding hydrogens is 285 g/mol. The number of aryl methyl sites for hydroxylation is 1. The number of rotatable bonds is 2. The monoisotopic (exact) mass is 298 g/mol. The topological polar surface area (TPSA) is 52.7 Å². The van der Waals surface area contributed by atoms with Crippen LogP contribution in [0.1, 0.15) is 29.9 Å². The zero-order valence-electron chi connectivity index (χ0n) is 11.1. The molecule has 0 saturated carbocycles. The van der Waals surface area contributed by atoms with Crippen LogP contribution in [0.15, 0.2) is 23.1 Å². The van der Waals surface area contributed by atoms with Gasteiger partial charge in [0.05, 0.1) is 17.8 Å². The van der Waals surface area contributed by atoms with E-state index in [2.05, 4.69) is 10.1 Å². The first-order chi connectivity index (χ1) is 9.95. The second-order valence-electron chi connectivity index (χ2n) is 5.00. The van der Waals surface area contributed by atoms with Crippen molar-refractivity contribution >= 4 is 0 Å². The standard InChI is InChI=1S/C13H13F3N4O/c14-13(15,16)9-4-5-10(17-7-9)8-20-12(21)19-6-2-1-3-11(19)18-20/h4-5,7H,1-3,6,8H2. The zero-order chi connectivity index (χ0) is 15.0. The number of halogens is 3. The molecule has 8 heteroatoms. The first-order valence-corrected chi connectivity index (χ1v) is 6.64. The highest BCUT2D eigenvalue weighted by Gasteiger charge is 2.30. The van der Waals surface area contributed by atoms with Crippen molar-refractivity contribution in [2.45, 2.75) is 38.5 Å². The van der Waals surface area contributed by atoms with E-state index < -0.39 is 11.7 Å². The second kappa shape index (κ2) is 5.01. The average molecular weight is 298 g/mol. The van der Waals surface area contributed by atoms with E-state index in [0.717, 1.165) is 37.4 Å². The van der Waals surface area contributed by atoms with Crippen molar-refractivity contribution in [2.24, 2.45) is 0 Å². The summed E-state index contributed by atoms with van der Waals surface area (Å²) >= 11 is 0. The lowest BCUT2D eigenvalue weighted by molar-refractivity contribution is -0.137. The Hall–Kier alpha value is -2.12. The van der Waals surface area contributed by atoms with Crippen molar-refractivity contribution < 1.29 is 13.2 Å². The number of fused-ring (bicyclic) bond motifs is 1. The van der Waals surface area contributed by atoms with Crippen LogP contribution >= 0.6 is 0 Å². The minimum atomic E-state index is -4.41. The van der Waals surface area contributed by atoms with Gasteiger partial charge in [-0.15, -0.1) is 0 Å². The Bertz CT molecular complexity index is 700. The van der Waals surface area contributed by atoms with Crippen LogP contribution in [-0.4, -0.2) is 19.3 Å². The van der Waals surface area contributed by atoms with Gasteiger partial charge in [0.1, 0.15) is 5.82 Å². The Balaban J connectivity index is 1.84. The van der Waals surface area contributed by atoms with E-state index >= 15 is 0 Å². The van der Waals surface area contributed by atoms with Crippen LogP contribution in [0.25, 0.3) is 0 Å². The van der Waals surface area contributed by atoms with Crippen LogP contribution in [-0.2, 0) is 25.7 Å². The van der Waals surface area contributed by atoms with E-state index in [1.165, 1.54) is 10.7 Å². The van der Waals surface area contributed by atoms with Gasteiger partial charge in [-0.25, -0.2) is 9.48 Å². The molecule has 0 amide bonds. The fourth-order valence-electron chi connectivity index (χ4n) is 2.39. The molecule has 112 valence electrons. The molecule has 0 saturated heterocycles. The van der Waals surface area contributed by atoms with Gasteiger partial charge in [-0.1, -0.05) is 0 Å². The summed E-state index contributed by atoms with van der Waals surface area (Å²) in [7, 11) is 0. The molecule has 0 aliphatic carbocycles. The molecule has 5 nitrogen and oxygen atoms in total. The maximum Gasteiger partial charge on any atom is 0.417 e. The maximum atomic E-state index is 12.5. The lowest BCUT2D eigenvalue weighted by Crippen LogP contribution is -2.27. The molecule has 0 unspecified atom stereocenters. The SMILES string of the molecule is O=c1n(Cc2ccc(C(F)(F)F)cn2)nc2n1CCCC2. The Labute approximate surface area is 118 Å². The van der Waals surface area contributed by atoms with Crippen LogP contribution in [0.5, 0.6) is 0 Å². The summed E-state index contributed by atoms with van der Waals surface area (Å²) in [5.74, 6) is 0.734. The summed E-state index contributed by atoms with van der Waals surface area (Å²) in [6.45, 7) is 0.728. The van der Waals surface area contributed by atoms with Crippen LogP contribution in [0.4, 0.5) is 13.2 Å². The highest BCUT2D eigenvalue weighted by molar-refractivity contribution is 5.17.